The third-order valence-corrected chi connectivity index (χ3v) is 3.62. The Balaban J connectivity index is 2.12. The van der Waals surface area contributed by atoms with E-state index in [1.54, 1.807) is 11.3 Å². The molecule has 3 nitrogen and oxygen atoms in total. The number of hydrogen-bond acceptors (Lipinski definition) is 4. The molecule has 0 unspecified atom stereocenters. The lowest BCUT2D eigenvalue weighted by molar-refractivity contribution is 0.304. The van der Waals surface area contributed by atoms with Gasteiger partial charge in [-0.3, -0.25) is 0 Å². The molecule has 0 bridgehead atoms. The lowest BCUT2D eigenvalue weighted by atomic mass is 10.1. The van der Waals surface area contributed by atoms with Gasteiger partial charge < -0.3 is 10.5 Å². The van der Waals surface area contributed by atoms with Crippen molar-refractivity contribution in [3.8, 4) is 5.75 Å². The third-order valence-electron chi connectivity index (χ3n) is 2.74. The molecule has 0 aliphatic rings. The number of benzene rings is 1. The van der Waals surface area contributed by atoms with Crippen LogP contribution >= 0.6 is 11.3 Å². The van der Waals surface area contributed by atoms with Crippen LogP contribution in [0.1, 0.15) is 21.0 Å². The second-order valence-electron chi connectivity index (χ2n) is 4.24. The first kappa shape index (κ1) is 13.1. The molecule has 0 aliphatic carbocycles. The Morgan fingerprint density at radius 3 is 2.83 bits per heavy atom. The highest BCUT2D eigenvalue weighted by atomic mass is 32.1. The zero-order valence-electron chi connectivity index (χ0n) is 10.8. The normalized spacial score (nSPS) is 10.6. The van der Waals surface area contributed by atoms with Crippen LogP contribution in [0.25, 0.3) is 0 Å². The maximum absolute atomic E-state index is 5.93. The predicted octanol–water partition coefficient (Wildman–Crippen LogP) is 2.84. The van der Waals surface area contributed by atoms with Gasteiger partial charge in [-0.1, -0.05) is 18.2 Å². The van der Waals surface area contributed by atoms with Crippen LogP contribution in [-0.2, 0) is 13.0 Å². The minimum atomic E-state index is 0.577. The Hall–Kier alpha value is -1.39. The number of ether oxygens (including phenoxy) is 1. The fourth-order valence-corrected chi connectivity index (χ4v) is 2.60. The zero-order valence-corrected chi connectivity index (χ0v) is 11.6. The molecule has 0 amide bonds. The summed E-state index contributed by atoms with van der Waals surface area (Å²) < 4.78 is 5.93. The standard InChI is InChI=1S/C14H18N2OS/c1-10-4-3-5-12(6-7-15)14(10)17-9-13-8-16-11(2)18-13/h3-5,8H,6-7,9,15H2,1-2H3. The van der Waals surface area contributed by atoms with Crippen LogP contribution in [0.5, 0.6) is 5.75 Å². The van der Waals surface area contributed by atoms with Crippen LogP contribution in [0, 0.1) is 13.8 Å². The smallest absolute Gasteiger partial charge is 0.125 e. The molecular formula is C14H18N2OS. The van der Waals surface area contributed by atoms with Gasteiger partial charge in [-0.25, -0.2) is 4.98 Å². The third kappa shape index (κ3) is 3.09. The van der Waals surface area contributed by atoms with Gasteiger partial charge in [0.2, 0.25) is 0 Å². The summed E-state index contributed by atoms with van der Waals surface area (Å²) in [5.74, 6) is 0.967. The predicted molar refractivity (Wildman–Crippen MR) is 75.1 cm³/mol. The summed E-state index contributed by atoms with van der Waals surface area (Å²) >= 11 is 1.67. The van der Waals surface area contributed by atoms with E-state index in [1.807, 2.05) is 19.2 Å². The zero-order chi connectivity index (χ0) is 13.0. The first-order valence-electron chi connectivity index (χ1n) is 6.03. The molecule has 1 heterocycles. The van der Waals surface area contributed by atoms with Crippen molar-refractivity contribution < 1.29 is 4.74 Å². The molecule has 0 atom stereocenters. The molecule has 0 fully saturated rings. The molecule has 0 spiro atoms. The molecule has 2 N–H and O–H groups in total. The first-order chi connectivity index (χ1) is 8.70. The molecule has 0 radical (unpaired) electrons. The summed E-state index contributed by atoms with van der Waals surface area (Å²) in [6.07, 6.45) is 2.72. The summed E-state index contributed by atoms with van der Waals surface area (Å²) in [6, 6.07) is 6.18. The van der Waals surface area contributed by atoms with Gasteiger partial charge >= 0.3 is 0 Å². The number of nitrogens with two attached hydrogens (primary N) is 1. The molecule has 4 heteroatoms. The van der Waals surface area contributed by atoms with Gasteiger partial charge in [-0.05, 0) is 37.9 Å². The highest BCUT2D eigenvalue weighted by molar-refractivity contribution is 7.11. The average molecular weight is 262 g/mol. The van der Waals surface area contributed by atoms with Gasteiger partial charge in [0, 0.05) is 6.20 Å². The Kier molecular flexibility index (Phi) is 4.33. The molecule has 2 aromatic rings. The number of nitrogens with zero attached hydrogens (tertiary/aromatic N) is 1. The second kappa shape index (κ2) is 5.98. The van der Waals surface area contributed by atoms with E-state index < -0.39 is 0 Å². The molecule has 0 saturated carbocycles. The summed E-state index contributed by atoms with van der Waals surface area (Å²) in [5.41, 5.74) is 7.96. The van der Waals surface area contributed by atoms with E-state index in [4.69, 9.17) is 10.5 Å². The highest BCUT2D eigenvalue weighted by Gasteiger charge is 2.07. The van der Waals surface area contributed by atoms with E-state index in [9.17, 15) is 0 Å². The summed E-state index contributed by atoms with van der Waals surface area (Å²) in [5, 5.41) is 1.07. The maximum Gasteiger partial charge on any atom is 0.125 e. The van der Waals surface area contributed by atoms with Crippen molar-refractivity contribution in [1.29, 1.82) is 0 Å². The Morgan fingerprint density at radius 2 is 2.17 bits per heavy atom. The van der Waals surface area contributed by atoms with Crippen LogP contribution in [-0.4, -0.2) is 11.5 Å². The molecule has 2 rings (SSSR count). The molecule has 18 heavy (non-hydrogen) atoms. The molecule has 0 aliphatic heterocycles. The topological polar surface area (TPSA) is 48.1 Å². The summed E-state index contributed by atoms with van der Waals surface area (Å²) in [6.45, 7) is 5.28. The fraction of sp³-hybridized carbons (Fsp3) is 0.357. The van der Waals surface area contributed by atoms with Gasteiger partial charge in [-0.2, -0.15) is 0 Å². The largest absolute Gasteiger partial charge is 0.487 e. The minimum Gasteiger partial charge on any atom is -0.487 e. The van der Waals surface area contributed by atoms with Crippen molar-refractivity contribution in [3.63, 3.8) is 0 Å². The second-order valence-corrected chi connectivity index (χ2v) is 5.56. The SMILES string of the molecule is Cc1ncc(COc2c(C)cccc2CCN)s1. The van der Waals surface area contributed by atoms with E-state index in [0.717, 1.165) is 27.6 Å². The van der Waals surface area contributed by atoms with Crippen LogP contribution in [0.15, 0.2) is 24.4 Å². The Bertz CT molecular complexity index is 522. The van der Waals surface area contributed by atoms with Crippen molar-refractivity contribution >= 4 is 11.3 Å². The number of rotatable bonds is 5. The summed E-state index contributed by atoms with van der Waals surface area (Å²) in [4.78, 5) is 5.38. The van der Waals surface area contributed by atoms with Crippen molar-refractivity contribution in [2.24, 2.45) is 5.73 Å². The van der Waals surface area contributed by atoms with Crippen LogP contribution in [0.3, 0.4) is 0 Å². The number of para-hydroxylation sites is 1. The van der Waals surface area contributed by atoms with Crippen LogP contribution in [0.4, 0.5) is 0 Å². The molecule has 1 aromatic heterocycles. The van der Waals surface area contributed by atoms with Crippen molar-refractivity contribution in [2.45, 2.75) is 26.9 Å². The van der Waals surface area contributed by atoms with Gasteiger partial charge in [-0.15, -0.1) is 11.3 Å². The molecule has 0 saturated heterocycles. The number of hydrogen-bond donors (Lipinski definition) is 1. The van der Waals surface area contributed by atoms with Gasteiger partial charge in [0.05, 0.1) is 9.88 Å². The number of aryl methyl sites for hydroxylation is 2. The van der Waals surface area contributed by atoms with Crippen molar-refractivity contribution in [3.05, 3.63) is 45.4 Å². The Morgan fingerprint density at radius 1 is 1.33 bits per heavy atom. The lowest BCUT2D eigenvalue weighted by Gasteiger charge is -2.12. The van der Waals surface area contributed by atoms with Crippen LogP contribution < -0.4 is 10.5 Å². The monoisotopic (exact) mass is 262 g/mol. The highest BCUT2D eigenvalue weighted by Crippen LogP contribution is 2.25. The summed E-state index contributed by atoms with van der Waals surface area (Å²) in [7, 11) is 0. The Labute approximate surface area is 112 Å². The maximum atomic E-state index is 5.93. The number of thiazole rings is 1. The molecule has 1 aromatic carbocycles. The van der Waals surface area contributed by atoms with E-state index in [-0.39, 0.29) is 0 Å². The van der Waals surface area contributed by atoms with Gasteiger partial charge in [0.1, 0.15) is 12.4 Å². The van der Waals surface area contributed by atoms with E-state index >= 15 is 0 Å². The minimum absolute atomic E-state index is 0.577. The van der Waals surface area contributed by atoms with E-state index in [1.165, 1.54) is 5.56 Å². The molecular weight excluding hydrogens is 244 g/mol. The van der Waals surface area contributed by atoms with E-state index in [0.29, 0.717) is 13.2 Å². The van der Waals surface area contributed by atoms with Crippen molar-refractivity contribution in [2.75, 3.05) is 6.54 Å². The quantitative estimate of drug-likeness (QED) is 0.901. The first-order valence-corrected chi connectivity index (χ1v) is 6.85. The van der Waals surface area contributed by atoms with Crippen molar-refractivity contribution in [1.82, 2.24) is 4.98 Å². The van der Waals surface area contributed by atoms with Crippen LogP contribution in [0.2, 0.25) is 0 Å². The number of aromatic nitrogens is 1. The lowest BCUT2D eigenvalue weighted by Crippen LogP contribution is -2.06. The van der Waals surface area contributed by atoms with E-state index in [2.05, 4.69) is 24.0 Å². The fourth-order valence-electron chi connectivity index (χ4n) is 1.89. The van der Waals surface area contributed by atoms with Gasteiger partial charge in [0.25, 0.3) is 0 Å². The average Bonchev–Trinajstić information content (AvgIpc) is 2.75. The molecule has 96 valence electrons. The van der Waals surface area contributed by atoms with Gasteiger partial charge in [0.15, 0.2) is 0 Å².